The first kappa shape index (κ1) is 35.4. The highest BCUT2D eigenvalue weighted by molar-refractivity contribution is 5.92. The zero-order valence-electron chi connectivity index (χ0n) is 25.2. The Bertz CT molecular complexity index is 1040. The second-order valence-corrected chi connectivity index (χ2v) is 11.8. The molecule has 5 atom stereocenters. The Morgan fingerprint density at radius 3 is 1.80 bits per heavy atom. The van der Waals surface area contributed by atoms with Crippen molar-refractivity contribution in [2.45, 2.75) is 104 Å². The number of carbonyl (C=O) groups excluding carboxylic acids is 4. The van der Waals surface area contributed by atoms with Crippen LogP contribution in [0.5, 0.6) is 0 Å². The number of benzene rings is 1. The van der Waals surface area contributed by atoms with E-state index in [0.717, 1.165) is 5.56 Å². The number of aliphatic hydroxyl groups excluding tert-OH is 1. The molecular formula is C29H46N4O8. The van der Waals surface area contributed by atoms with Gasteiger partial charge in [-0.25, -0.2) is 4.79 Å². The molecule has 41 heavy (non-hydrogen) atoms. The summed E-state index contributed by atoms with van der Waals surface area (Å²) in [5.74, 6) is -3.78. The number of hydrogen-bond donors (Lipinski definition) is 6. The number of carboxylic acid groups (broad SMARTS) is 1. The van der Waals surface area contributed by atoms with Gasteiger partial charge in [-0.15, -0.1) is 0 Å². The Hall–Kier alpha value is -3.67. The molecule has 0 unspecified atom stereocenters. The third-order valence-corrected chi connectivity index (χ3v) is 6.10. The summed E-state index contributed by atoms with van der Waals surface area (Å²) >= 11 is 0. The van der Waals surface area contributed by atoms with Gasteiger partial charge in [0.1, 0.15) is 23.7 Å². The maximum absolute atomic E-state index is 13.5. The van der Waals surface area contributed by atoms with E-state index in [-0.39, 0.29) is 18.3 Å². The lowest BCUT2D eigenvalue weighted by atomic mass is 9.96. The van der Waals surface area contributed by atoms with E-state index in [0.29, 0.717) is 0 Å². The summed E-state index contributed by atoms with van der Waals surface area (Å²) in [5, 5.41) is 30.3. The lowest BCUT2D eigenvalue weighted by molar-refractivity contribution is -0.141. The molecule has 12 heteroatoms. The molecule has 6 N–H and O–H groups in total. The molecular weight excluding hydrogens is 532 g/mol. The molecule has 0 aliphatic heterocycles. The fraction of sp³-hybridized carbons (Fsp3) is 0.621. The number of aliphatic carboxylic acids is 1. The molecule has 0 aliphatic carbocycles. The van der Waals surface area contributed by atoms with Gasteiger partial charge in [0.2, 0.25) is 17.7 Å². The summed E-state index contributed by atoms with van der Waals surface area (Å²) < 4.78 is 5.27. The highest BCUT2D eigenvalue weighted by atomic mass is 16.6. The molecule has 0 bridgehead atoms. The molecule has 0 radical (unpaired) electrons. The van der Waals surface area contributed by atoms with Crippen LogP contribution in [-0.4, -0.2) is 75.9 Å². The van der Waals surface area contributed by atoms with Gasteiger partial charge in [-0.2, -0.15) is 0 Å². The van der Waals surface area contributed by atoms with Crippen LogP contribution < -0.4 is 21.3 Å². The van der Waals surface area contributed by atoms with Crippen molar-refractivity contribution in [2.75, 3.05) is 0 Å². The SMILES string of the molecule is CC(C)[C@H](NC(=O)OC(C)(C)C)C(=O)N[C@H](C(=O)N[C@@H](Cc1ccccc1)[C@@H](O)CC(=O)N[C@@H](C)C(=O)O)C(C)C. The van der Waals surface area contributed by atoms with Crippen LogP contribution in [-0.2, 0) is 30.3 Å². The van der Waals surface area contributed by atoms with Crippen molar-refractivity contribution in [3.05, 3.63) is 35.9 Å². The largest absolute Gasteiger partial charge is 0.480 e. The summed E-state index contributed by atoms with van der Waals surface area (Å²) in [6.07, 6.45) is -2.41. The Kier molecular flexibility index (Phi) is 13.7. The second kappa shape index (κ2) is 15.9. The fourth-order valence-electron chi connectivity index (χ4n) is 3.87. The molecule has 230 valence electrons. The number of amides is 4. The zero-order chi connectivity index (χ0) is 31.5. The van der Waals surface area contributed by atoms with Crippen molar-refractivity contribution in [1.29, 1.82) is 0 Å². The minimum atomic E-state index is -1.36. The van der Waals surface area contributed by atoms with Gasteiger partial charge >= 0.3 is 12.1 Å². The van der Waals surface area contributed by atoms with Crippen LogP contribution in [0, 0.1) is 11.8 Å². The van der Waals surface area contributed by atoms with Crippen LogP contribution in [0.1, 0.15) is 67.4 Å². The van der Waals surface area contributed by atoms with Crippen LogP contribution >= 0.6 is 0 Å². The summed E-state index contributed by atoms with van der Waals surface area (Å²) in [6.45, 7) is 13.4. The molecule has 1 aromatic carbocycles. The van der Waals surface area contributed by atoms with Gasteiger partial charge in [-0.05, 0) is 51.5 Å². The quantitative estimate of drug-likeness (QED) is 0.193. The van der Waals surface area contributed by atoms with Crippen molar-refractivity contribution in [3.8, 4) is 0 Å². The van der Waals surface area contributed by atoms with Crippen molar-refractivity contribution in [2.24, 2.45) is 11.8 Å². The third-order valence-electron chi connectivity index (χ3n) is 6.10. The number of hydrogen-bond acceptors (Lipinski definition) is 7. The van der Waals surface area contributed by atoms with Crippen LogP contribution in [0.3, 0.4) is 0 Å². The molecule has 0 aliphatic rings. The first-order chi connectivity index (χ1) is 18.9. The normalized spacial score (nSPS) is 15.2. The predicted octanol–water partition coefficient (Wildman–Crippen LogP) is 1.74. The monoisotopic (exact) mass is 578 g/mol. The Balaban J connectivity index is 3.10. The lowest BCUT2D eigenvalue weighted by Gasteiger charge is -2.30. The van der Waals surface area contributed by atoms with E-state index in [4.69, 9.17) is 9.84 Å². The molecule has 0 saturated heterocycles. The van der Waals surface area contributed by atoms with E-state index in [9.17, 15) is 29.1 Å². The molecule has 0 saturated carbocycles. The minimum Gasteiger partial charge on any atom is -0.480 e. The highest BCUT2D eigenvalue weighted by Crippen LogP contribution is 2.13. The van der Waals surface area contributed by atoms with E-state index < -0.39 is 72.1 Å². The van der Waals surface area contributed by atoms with Crippen LogP contribution in [0.4, 0.5) is 4.79 Å². The summed E-state index contributed by atoms with van der Waals surface area (Å²) in [7, 11) is 0. The van der Waals surface area contributed by atoms with E-state index in [1.807, 2.05) is 6.07 Å². The van der Waals surface area contributed by atoms with Gasteiger partial charge in [-0.1, -0.05) is 58.0 Å². The van der Waals surface area contributed by atoms with Crippen molar-refractivity contribution < 1.29 is 38.9 Å². The predicted molar refractivity (Wildman–Crippen MR) is 153 cm³/mol. The molecule has 0 heterocycles. The molecule has 1 aromatic rings. The smallest absolute Gasteiger partial charge is 0.408 e. The summed E-state index contributed by atoms with van der Waals surface area (Å²) in [6, 6.07) is 4.90. The number of nitrogens with one attached hydrogen (secondary N) is 4. The van der Waals surface area contributed by atoms with E-state index >= 15 is 0 Å². The van der Waals surface area contributed by atoms with E-state index in [1.165, 1.54) is 6.92 Å². The van der Waals surface area contributed by atoms with Gasteiger partial charge in [0.15, 0.2) is 0 Å². The van der Waals surface area contributed by atoms with Gasteiger partial charge in [0.25, 0.3) is 0 Å². The van der Waals surface area contributed by atoms with Crippen molar-refractivity contribution in [1.82, 2.24) is 21.3 Å². The standard InChI is InChI=1S/C29H46N4O8/c1-16(2)23(32-26(37)24(17(3)4)33-28(40)41-29(6,7)8)25(36)31-20(14-19-12-10-9-11-13-19)21(34)15-22(35)30-18(5)27(38)39/h9-13,16-18,20-21,23-24,34H,14-15H2,1-8H3,(H,30,35)(H,31,36)(H,32,37)(H,33,40)(H,38,39)/t18-,20-,21-,23-,24-/m0/s1. The number of aliphatic hydroxyl groups is 1. The van der Waals surface area contributed by atoms with Gasteiger partial charge in [0.05, 0.1) is 18.6 Å². The Morgan fingerprint density at radius 2 is 1.32 bits per heavy atom. The maximum atomic E-state index is 13.5. The number of carboxylic acids is 1. The molecule has 0 fully saturated rings. The maximum Gasteiger partial charge on any atom is 0.408 e. The number of rotatable bonds is 14. The first-order valence-corrected chi connectivity index (χ1v) is 13.8. The first-order valence-electron chi connectivity index (χ1n) is 13.8. The number of alkyl carbamates (subject to hydrolysis) is 1. The Labute approximate surface area is 242 Å². The third kappa shape index (κ3) is 13.0. The second-order valence-electron chi connectivity index (χ2n) is 11.8. The van der Waals surface area contributed by atoms with E-state index in [2.05, 4.69) is 21.3 Å². The van der Waals surface area contributed by atoms with Gasteiger partial charge < -0.3 is 36.2 Å². The molecule has 1 rings (SSSR count). The fourth-order valence-corrected chi connectivity index (χ4v) is 3.87. The summed E-state index contributed by atoms with van der Waals surface area (Å²) in [5.41, 5.74) is 0.0160. The topological polar surface area (TPSA) is 183 Å². The van der Waals surface area contributed by atoms with Gasteiger partial charge in [0, 0.05) is 0 Å². The molecule has 0 aromatic heterocycles. The molecule has 12 nitrogen and oxygen atoms in total. The average Bonchev–Trinajstić information content (AvgIpc) is 2.84. The van der Waals surface area contributed by atoms with Crippen LogP contribution in [0.2, 0.25) is 0 Å². The summed E-state index contributed by atoms with van der Waals surface area (Å²) in [4.78, 5) is 62.4. The highest BCUT2D eigenvalue weighted by Gasteiger charge is 2.34. The number of ether oxygens (including phenoxy) is 1. The van der Waals surface area contributed by atoms with Gasteiger partial charge in [-0.3, -0.25) is 19.2 Å². The minimum absolute atomic E-state index is 0.170. The van der Waals surface area contributed by atoms with Crippen LogP contribution in [0.15, 0.2) is 30.3 Å². The molecule has 0 spiro atoms. The van der Waals surface area contributed by atoms with Crippen LogP contribution in [0.25, 0.3) is 0 Å². The van der Waals surface area contributed by atoms with Crippen molar-refractivity contribution in [3.63, 3.8) is 0 Å². The number of carbonyl (C=O) groups is 5. The van der Waals surface area contributed by atoms with E-state index in [1.54, 1.807) is 72.7 Å². The zero-order valence-corrected chi connectivity index (χ0v) is 25.2. The average molecular weight is 579 g/mol. The molecule has 4 amide bonds. The lowest BCUT2D eigenvalue weighted by Crippen LogP contribution is -2.59. The van der Waals surface area contributed by atoms with Crippen molar-refractivity contribution >= 4 is 29.8 Å². The Morgan fingerprint density at radius 1 is 0.805 bits per heavy atom.